The van der Waals surface area contributed by atoms with E-state index in [2.05, 4.69) is 51.2 Å². The molecule has 0 saturated heterocycles. The maximum atomic E-state index is 6.49. The molecule has 0 spiro atoms. The van der Waals surface area contributed by atoms with Crippen molar-refractivity contribution in [1.29, 1.82) is 0 Å². The van der Waals surface area contributed by atoms with Gasteiger partial charge in [-0.25, -0.2) is 0 Å². The SMILES string of the molecule is CC(=Cc1nsc(Nc2cccc(Cl)c2)n1)C(N)CCCCNc1c2c(nc3ccccc13)CCCC2. The van der Waals surface area contributed by atoms with Crippen molar-refractivity contribution < 1.29 is 0 Å². The van der Waals surface area contributed by atoms with E-state index in [-0.39, 0.29) is 6.04 Å². The number of nitrogens with one attached hydrogen (secondary N) is 2. The minimum absolute atomic E-state index is 0.0117. The molecule has 1 atom stereocenters. The maximum Gasteiger partial charge on any atom is 0.207 e. The van der Waals surface area contributed by atoms with Crippen LogP contribution in [-0.2, 0) is 12.8 Å². The van der Waals surface area contributed by atoms with Gasteiger partial charge in [0, 0.05) is 51.6 Å². The number of nitrogens with zero attached hydrogens (tertiary/aromatic N) is 3. The van der Waals surface area contributed by atoms with E-state index in [1.165, 1.54) is 46.7 Å². The summed E-state index contributed by atoms with van der Waals surface area (Å²) in [6.07, 6.45) is 9.71. The van der Waals surface area contributed by atoms with E-state index in [0.29, 0.717) is 10.8 Å². The van der Waals surface area contributed by atoms with Crippen LogP contribution < -0.4 is 16.4 Å². The molecule has 2 aromatic carbocycles. The first-order chi connectivity index (χ1) is 18.1. The van der Waals surface area contributed by atoms with Crippen molar-refractivity contribution in [3.63, 3.8) is 0 Å². The number of aryl methyl sites for hydroxylation is 1. The molecule has 2 heterocycles. The number of rotatable bonds is 10. The number of hydrogen-bond donors (Lipinski definition) is 3. The van der Waals surface area contributed by atoms with Gasteiger partial charge >= 0.3 is 0 Å². The van der Waals surface area contributed by atoms with E-state index < -0.39 is 0 Å². The number of pyridine rings is 1. The minimum atomic E-state index is -0.0117. The second kappa shape index (κ2) is 12.0. The van der Waals surface area contributed by atoms with Crippen molar-refractivity contribution >= 4 is 56.6 Å². The van der Waals surface area contributed by atoms with E-state index in [0.717, 1.165) is 60.6 Å². The van der Waals surface area contributed by atoms with Gasteiger partial charge in [-0.05, 0) is 87.8 Å². The van der Waals surface area contributed by atoms with Gasteiger partial charge in [0.25, 0.3) is 0 Å². The van der Waals surface area contributed by atoms with Crippen LogP contribution in [0, 0.1) is 0 Å². The quantitative estimate of drug-likeness (QED) is 0.185. The first-order valence-corrected chi connectivity index (χ1v) is 14.2. The third kappa shape index (κ3) is 6.47. The molecule has 0 saturated carbocycles. The molecule has 0 fully saturated rings. The van der Waals surface area contributed by atoms with Crippen LogP contribution in [0.25, 0.3) is 17.0 Å². The van der Waals surface area contributed by atoms with Gasteiger partial charge in [0.1, 0.15) is 0 Å². The minimum Gasteiger partial charge on any atom is -0.384 e. The molecule has 1 aliphatic carbocycles. The Labute approximate surface area is 227 Å². The molecular weight excluding hydrogens is 500 g/mol. The highest BCUT2D eigenvalue weighted by atomic mass is 35.5. The number of unbranched alkanes of at least 4 members (excludes halogenated alkanes) is 1. The summed E-state index contributed by atoms with van der Waals surface area (Å²) in [5, 5.41) is 9.65. The molecule has 37 heavy (non-hydrogen) atoms. The van der Waals surface area contributed by atoms with Crippen molar-refractivity contribution in [1.82, 2.24) is 14.3 Å². The van der Waals surface area contributed by atoms with Crippen LogP contribution >= 0.6 is 23.1 Å². The van der Waals surface area contributed by atoms with Crippen molar-refractivity contribution in [2.24, 2.45) is 5.73 Å². The van der Waals surface area contributed by atoms with Gasteiger partial charge in [0.2, 0.25) is 5.13 Å². The Bertz CT molecular complexity index is 1400. The maximum absolute atomic E-state index is 6.49. The molecule has 6 nitrogen and oxygen atoms in total. The smallest absolute Gasteiger partial charge is 0.207 e. The predicted octanol–water partition coefficient (Wildman–Crippen LogP) is 7.38. The summed E-state index contributed by atoms with van der Waals surface area (Å²) >= 11 is 7.38. The lowest BCUT2D eigenvalue weighted by atomic mass is 9.92. The first-order valence-electron chi connectivity index (χ1n) is 13.0. The Balaban J connectivity index is 1.13. The van der Waals surface area contributed by atoms with Crippen molar-refractivity contribution in [3.05, 3.63) is 76.2 Å². The summed E-state index contributed by atoms with van der Waals surface area (Å²) in [4.78, 5) is 9.51. The zero-order valence-electron chi connectivity index (χ0n) is 21.1. The van der Waals surface area contributed by atoms with Gasteiger partial charge < -0.3 is 16.4 Å². The molecular formula is C29H33ClN6S. The average Bonchev–Trinajstić information content (AvgIpc) is 3.34. The number of nitrogens with two attached hydrogens (primary N) is 1. The number of anilines is 3. The molecule has 4 aromatic rings. The topological polar surface area (TPSA) is 88.8 Å². The third-order valence-electron chi connectivity index (χ3n) is 6.87. The lowest BCUT2D eigenvalue weighted by Gasteiger charge is -2.22. The van der Waals surface area contributed by atoms with E-state index in [9.17, 15) is 0 Å². The highest BCUT2D eigenvalue weighted by molar-refractivity contribution is 7.09. The molecule has 2 aromatic heterocycles. The van der Waals surface area contributed by atoms with Gasteiger partial charge in [-0.3, -0.25) is 4.98 Å². The monoisotopic (exact) mass is 532 g/mol. The number of benzene rings is 2. The van der Waals surface area contributed by atoms with Crippen LogP contribution in [0.3, 0.4) is 0 Å². The first kappa shape index (κ1) is 25.6. The molecule has 5 rings (SSSR count). The second-order valence-corrected chi connectivity index (χ2v) is 10.8. The normalized spacial score (nSPS) is 14.4. The largest absolute Gasteiger partial charge is 0.384 e. The molecule has 192 valence electrons. The Morgan fingerprint density at radius 3 is 2.86 bits per heavy atom. The molecule has 0 bridgehead atoms. The van der Waals surface area contributed by atoms with Crippen molar-refractivity contribution in [2.75, 3.05) is 17.2 Å². The van der Waals surface area contributed by atoms with Crippen LogP contribution in [0.15, 0.2) is 54.1 Å². The van der Waals surface area contributed by atoms with Crippen molar-refractivity contribution in [3.8, 4) is 0 Å². The van der Waals surface area contributed by atoms with Crippen LogP contribution in [-0.4, -0.2) is 26.9 Å². The van der Waals surface area contributed by atoms with Crippen molar-refractivity contribution in [2.45, 2.75) is 57.9 Å². The number of aromatic nitrogens is 3. The zero-order chi connectivity index (χ0) is 25.6. The average molecular weight is 533 g/mol. The van der Waals surface area contributed by atoms with Gasteiger partial charge in [-0.15, -0.1) is 0 Å². The summed E-state index contributed by atoms with van der Waals surface area (Å²) in [7, 11) is 0. The Kier molecular flexibility index (Phi) is 8.34. The Morgan fingerprint density at radius 2 is 1.97 bits per heavy atom. The zero-order valence-corrected chi connectivity index (χ0v) is 22.7. The highest BCUT2D eigenvalue weighted by Gasteiger charge is 2.17. The summed E-state index contributed by atoms with van der Waals surface area (Å²) in [5.41, 5.74) is 13.5. The van der Waals surface area contributed by atoms with Gasteiger partial charge in [0.05, 0.1) is 5.52 Å². The fourth-order valence-electron chi connectivity index (χ4n) is 4.85. The van der Waals surface area contributed by atoms with Gasteiger partial charge in [-0.1, -0.05) is 41.4 Å². The molecule has 4 N–H and O–H groups in total. The fraction of sp³-hybridized carbons (Fsp3) is 0.345. The second-order valence-electron chi connectivity index (χ2n) is 9.65. The molecule has 0 radical (unpaired) electrons. The number of hydrogen-bond acceptors (Lipinski definition) is 7. The third-order valence-corrected chi connectivity index (χ3v) is 7.75. The van der Waals surface area contributed by atoms with Crippen LogP contribution in [0.2, 0.25) is 5.02 Å². The molecule has 0 aliphatic heterocycles. The van der Waals surface area contributed by atoms with E-state index in [1.54, 1.807) is 0 Å². The summed E-state index contributed by atoms with van der Waals surface area (Å²) in [5.74, 6) is 0.679. The number of fused-ring (bicyclic) bond motifs is 2. The molecule has 1 unspecified atom stereocenters. The van der Waals surface area contributed by atoms with E-state index in [4.69, 9.17) is 22.3 Å². The summed E-state index contributed by atoms with van der Waals surface area (Å²) in [6, 6.07) is 16.0. The van der Waals surface area contributed by atoms with E-state index in [1.807, 2.05) is 30.3 Å². The fourth-order valence-corrected chi connectivity index (χ4v) is 5.61. The van der Waals surface area contributed by atoms with Crippen LogP contribution in [0.5, 0.6) is 0 Å². The standard InChI is InChI=1S/C29H33ClN6S/c1-19(17-27-35-29(37-36-27)33-21-10-8-9-20(30)18-21)24(31)13-6-7-16-32-28-22-11-2-4-14-25(22)34-26-15-5-3-12-23(26)28/h2,4,8-11,14,17-18,24H,3,5-7,12-13,15-16,31H2,1H3,(H,32,34)(H,33,35,36). The lowest BCUT2D eigenvalue weighted by molar-refractivity contribution is 0.625. The Morgan fingerprint density at radius 1 is 1.11 bits per heavy atom. The van der Waals surface area contributed by atoms with Crippen LogP contribution in [0.1, 0.15) is 56.1 Å². The summed E-state index contributed by atoms with van der Waals surface area (Å²) in [6.45, 7) is 2.99. The van der Waals surface area contributed by atoms with Gasteiger partial charge in [0.15, 0.2) is 5.82 Å². The predicted molar refractivity (Wildman–Crippen MR) is 157 cm³/mol. The lowest BCUT2D eigenvalue weighted by Crippen LogP contribution is -2.21. The van der Waals surface area contributed by atoms with Gasteiger partial charge in [-0.2, -0.15) is 9.36 Å². The Hall–Kier alpha value is -3.00. The number of para-hydroxylation sites is 1. The molecule has 8 heteroatoms. The molecule has 0 amide bonds. The highest BCUT2D eigenvalue weighted by Crippen LogP contribution is 2.33. The van der Waals surface area contributed by atoms with Crippen LogP contribution in [0.4, 0.5) is 16.5 Å². The van der Waals surface area contributed by atoms with E-state index >= 15 is 0 Å². The molecule has 1 aliphatic rings. The summed E-state index contributed by atoms with van der Waals surface area (Å²) < 4.78 is 4.45. The number of halogens is 1.